The minimum Gasteiger partial charge on any atom is -0.382 e. The van der Waals surface area contributed by atoms with E-state index in [9.17, 15) is 4.79 Å². The summed E-state index contributed by atoms with van der Waals surface area (Å²) in [6.45, 7) is 3.21. The van der Waals surface area contributed by atoms with Crippen molar-refractivity contribution in [1.82, 2.24) is 20.4 Å². The Balaban J connectivity index is 1.40. The molecule has 1 fully saturated rings. The van der Waals surface area contributed by atoms with Gasteiger partial charge >= 0.3 is 6.03 Å². The van der Waals surface area contributed by atoms with Gasteiger partial charge in [-0.25, -0.2) is 4.79 Å². The van der Waals surface area contributed by atoms with Crippen LogP contribution >= 0.6 is 0 Å². The zero-order chi connectivity index (χ0) is 18.9. The maximum atomic E-state index is 12.3. The largest absolute Gasteiger partial charge is 0.382 e. The van der Waals surface area contributed by atoms with Gasteiger partial charge in [0.25, 0.3) is 5.89 Å². The van der Waals surface area contributed by atoms with Crippen LogP contribution in [0.4, 0.5) is 4.79 Å². The normalized spacial score (nSPS) is 15.1. The van der Waals surface area contributed by atoms with Crippen LogP contribution in [0, 0.1) is 0 Å². The Bertz CT molecular complexity index is 699. The fraction of sp³-hybridized carbons (Fsp3) is 0.526. The van der Waals surface area contributed by atoms with Gasteiger partial charge in [0, 0.05) is 32.7 Å². The molecule has 0 spiro atoms. The van der Waals surface area contributed by atoms with Crippen molar-refractivity contribution in [3.05, 3.63) is 47.6 Å². The van der Waals surface area contributed by atoms with Gasteiger partial charge in [-0.05, 0) is 18.4 Å². The number of piperidine rings is 1. The number of nitrogens with one attached hydrogen (secondary N) is 1. The van der Waals surface area contributed by atoms with Crippen LogP contribution in [0.25, 0.3) is 0 Å². The van der Waals surface area contributed by atoms with Gasteiger partial charge in [-0.2, -0.15) is 4.98 Å². The highest BCUT2D eigenvalue weighted by Crippen LogP contribution is 2.26. The van der Waals surface area contributed by atoms with E-state index in [4.69, 9.17) is 14.0 Å². The highest BCUT2D eigenvalue weighted by atomic mass is 16.5. The van der Waals surface area contributed by atoms with Crippen LogP contribution in [0.2, 0.25) is 0 Å². The van der Waals surface area contributed by atoms with Crippen LogP contribution in [-0.4, -0.2) is 54.5 Å². The van der Waals surface area contributed by atoms with Crippen molar-refractivity contribution in [2.24, 2.45) is 0 Å². The first-order chi connectivity index (χ1) is 13.3. The summed E-state index contributed by atoms with van der Waals surface area (Å²) in [5.41, 5.74) is 1.09. The summed E-state index contributed by atoms with van der Waals surface area (Å²) >= 11 is 0. The summed E-state index contributed by atoms with van der Waals surface area (Å²) in [4.78, 5) is 18.6. The second-order valence-corrected chi connectivity index (χ2v) is 6.50. The Labute approximate surface area is 158 Å². The Morgan fingerprint density at radius 1 is 1.26 bits per heavy atom. The first-order valence-corrected chi connectivity index (χ1v) is 9.22. The highest BCUT2D eigenvalue weighted by molar-refractivity contribution is 5.74. The third kappa shape index (κ3) is 5.77. The van der Waals surface area contributed by atoms with E-state index in [1.54, 1.807) is 7.11 Å². The zero-order valence-electron chi connectivity index (χ0n) is 15.6. The number of methoxy groups -OCH3 is 1. The van der Waals surface area contributed by atoms with Crippen LogP contribution in [0.15, 0.2) is 34.9 Å². The average Bonchev–Trinajstić information content (AvgIpc) is 3.19. The highest BCUT2D eigenvalue weighted by Gasteiger charge is 2.26. The number of carbonyl (C=O) groups is 1. The van der Waals surface area contributed by atoms with Crippen LogP contribution in [0.1, 0.15) is 36.0 Å². The van der Waals surface area contributed by atoms with E-state index in [-0.39, 0.29) is 18.6 Å². The van der Waals surface area contributed by atoms with Gasteiger partial charge < -0.3 is 24.2 Å². The van der Waals surface area contributed by atoms with Gasteiger partial charge in [0.1, 0.15) is 6.61 Å². The molecule has 1 saturated heterocycles. The third-order valence-corrected chi connectivity index (χ3v) is 4.58. The molecule has 1 N–H and O–H groups in total. The van der Waals surface area contributed by atoms with Crippen LogP contribution in [-0.2, 0) is 22.6 Å². The van der Waals surface area contributed by atoms with Gasteiger partial charge in [-0.3, -0.25) is 0 Å². The number of hydrogen-bond acceptors (Lipinski definition) is 6. The molecule has 8 heteroatoms. The molecule has 0 atom stereocenters. The molecule has 146 valence electrons. The summed E-state index contributed by atoms with van der Waals surface area (Å²) in [6.07, 6.45) is 1.64. The monoisotopic (exact) mass is 374 g/mol. The molecule has 1 aliphatic rings. The number of ether oxygens (including phenoxy) is 2. The predicted octanol–water partition coefficient (Wildman–Crippen LogP) is 2.32. The minimum atomic E-state index is -0.0300. The SMILES string of the molecule is COCCOCc1nc(C2CCN(C(=O)NCc3ccccc3)CC2)no1. The summed E-state index contributed by atoms with van der Waals surface area (Å²) in [7, 11) is 1.63. The molecule has 8 nitrogen and oxygen atoms in total. The summed E-state index contributed by atoms with van der Waals surface area (Å²) in [6, 6.07) is 9.87. The molecular formula is C19H26N4O4. The molecule has 0 unspecified atom stereocenters. The first-order valence-electron chi connectivity index (χ1n) is 9.22. The number of aromatic nitrogens is 2. The molecule has 1 aromatic carbocycles. The van der Waals surface area contributed by atoms with E-state index in [2.05, 4.69) is 15.5 Å². The lowest BCUT2D eigenvalue weighted by atomic mass is 9.96. The molecule has 2 amide bonds. The average molecular weight is 374 g/mol. The predicted molar refractivity (Wildman–Crippen MR) is 98.1 cm³/mol. The molecule has 0 bridgehead atoms. The third-order valence-electron chi connectivity index (χ3n) is 4.58. The Kier molecular flexibility index (Phi) is 7.18. The molecule has 1 aromatic heterocycles. The van der Waals surface area contributed by atoms with Crippen LogP contribution in [0.3, 0.4) is 0 Å². The topological polar surface area (TPSA) is 89.7 Å². The van der Waals surface area contributed by atoms with Gasteiger partial charge in [-0.15, -0.1) is 0 Å². The molecule has 0 radical (unpaired) electrons. The van der Waals surface area contributed by atoms with Crippen LogP contribution in [0.5, 0.6) is 0 Å². The smallest absolute Gasteiger partial charge is 0.317 e. The summed E-state index contributed by atoms with van der Waals surface area (Å²) in [5.74, 6) is 1.38. The number of rotatable bonds is 8. The molecule has 1 aliphatic heterocycles. The number of likely N-dealkylation sites (tertiary alicyclic amines) is 1. The molecular weight excluding hydrogens is 348 g/mol. The molecule has 0 saturated carbocycles. The summed E-state index contributed by atoms with van der Waals surface area (Å²) in [5, 5.41) is 7.04. The van der Waals surface area contributed by atoms with Crippen molar-refractivity contribution >= 4 is 6.03 Å². The fourth-order valence-electron chi connectivity index (χ4n) is 3.02. The number of hydrogen-bond donors (Lipinski definition) is 1. The van der Waals surface area contributed by atoms with E-state index in [1.807, 2.05) is 35.2 Å². The van der Waals surface area contributed by atoms with Crippen molar-refractivity contribution in [2.75, 3.05) is 33.4 Å². The number of benzene rings is 1. The first kappa shape index (κ1) is 19.3. The molecule has 0 aliphatic carbocycles. The second-order valence-electron chi connectivity index (χ2n) is 6.50. The van der Waals surface area contributed by atoms with Crippen molar-refractivity contribution in [3.8, 4) is 0 Å². The number of nitrogens with zero attached hydrogens (tertiary/aromatic N) is 3. The van der Waals surface area contributed by atoms with E-state index in [1.165, 1.54) is 0 Å². The summed E-state index contributed by atoms with van der Waals surface area (Å²) < 4.78 is 15.6. The Hall–Kier alpha value is -2.45. The van der Waals surface area contributed by atoms with Crippen molar-refractivity contribution in [3.63, 3.8) is 0 Å². The lowest BCUT2D eigenvalue weighted by Gasteiger charge is -2.30. The van der Waals surface area contributed by atoms with E-state index >= 15 is 0 Å². The number of amides is 2. The lowest BCUT2D eigenvalue weighted by Crippen LogP contribution is -2.43. The standard InChI is InChI=1S/C19H26N4O4/c1-25-11-12-26-14-17-21-18(22-27-17)16-7-9-23(10-8-16)19(24)20-13-15-5-3-2-4-6-15/h2-6,16H,7-14H2,1H3,(H,20,24). The molecule has 27 heavy (non-hydrogen) atoms. The Morgan fingerprint density at radius 2 is 2.04 bits per heavy atom. The van der Waals surface area contributed by atoms with Crippen molar-refractivity contribution < 1.29 is 18.8 Å². The molecule has 2 heterocycles. The van der Waals surface area contributed by atoms with Gasteiger partial charge in [-0.1, -0.05) is 35.5 Å². The maximum Gasteiger partial charge on any atom is 0.317 e. The van der Waals surface area contributed by atoms with E-state index in [0.29, 0.717) is 44.6 Å². The van der Waals surface area contributed by atoms with Gasteiger partial charge in [0.05, 0.1) is 13.2 Å². The maximum absolute atomic E-state index is 12.3. The molecule has 2 aromatic rings. The van der Waals surface area contributed by atoms with Crippen LogP contribution < -0.4 is 5.32 Å². The van der Waals surface area contributed by atoms with Crippen molar-refractivity contribution in [2.45, 2.75) is 31.9 Å². The quantitative estimate of drug-likeness (QED) is 0.713. The zero-order valence-corrected chi connectivity index (χ0v) is 15.6. The fourth-order valence-corrected chi connectivity index (χ4v) is 3.02. The van der Waals surface area contributed by atoms with Crippen molar-refractivity contribution in [1.29, 1.82) is 0 Å². The molecule has 3 rings (SSSR count). The second kappa shape index (κ2) is 10.0. The van der Waals surface area contributed by atoms with Gasteiger partial charge in [0.2, 0.25) is 0 Å². The Morgan fingerprint density at radius 3 is 2.78 bits per heavy atom. The lowest BCUT2D eigenvalue weighted by molar-refractivity contribution is 0.0494. The van der Waals surface area contributed by atoms with E-state index < -0.39 is 0 Å². The van der Waals surface area contributed by atoms with E-state index in [0.717, 1.165) is 18.4 Å². The van der Waals surface area contributed by atoms with Gasteiger partial charge in [0.15, 0.2) is 5.82 Å². The minimum absolute atomic E-state index is 0.0300. The number of urea groups is 1. The number of carbonyl (C=O) groups excluding carboxylic acids is 1.